The van der Waals surface area contributed by atoms with E-state index in [1.54, 1.807) is 0 Å². The van der Waals surface area contributed by atoms with Gasteiger partial charge in [0.25, 0.3) is 0 Å². The predicted molar refractivity (Wildman–Crippen MR) is 68.1 cm³/mol. The SMILES string of the molecule is OC[C@@H]([Se]c1ccccc1)c1ccccc1. The third-order valence-corrected chi connectivity index (χ3v) is 4.98. The van der Waals surface area contributed by atoms with Gasteiger partial charge in [-0.3, -0.25) is 0 Å². The second-order valence-corrected chi connectivity index (χ2v) is 6.19. The molecular weight excluding hydrogens is 263 g/mol. The predicted octanol–water partition coefficient (Wildman–Crippen LogP) is 1.75. The maximum atomic E-state index is 9.46. The molecule has 1 nitrogen and oxygen atoms in total. The molecule has 0 aliphatic carbocycles. The van der Waals surface area contributed by atoms with Gasteiger partial charge < -0.3 is 0 Å². The van der Waals surface area contributed by atoms with Gasteiger partial charge in [-0.15, -0.1) is 0 Å². The summed E-state index contributed by atoms with van der Waals surface area (Å²) in [4.78, 5) is 0.260. The summed E-state index contributed by atoms with van der Waals surface area (Å²) in [5.74, 6) is 0. The Morgan fingerprint density at radius 2 is 1.44 bits per heavy atom. The van der Waals surface area contributed by atoms with E-state index in [4.69, 9.17) is 0 Å². The Kier molecular flexibility index (Phi) is 4.17. The number of benzene rings is 2. The molecule has 0 aliphatic heterocycles. The Morgan fingerprint density at radius 3 is 2.00 bits per heavy atom. The minimum absolute atomic E-state index is 0.221. The molecular formula is C14H14OSe. The van der Waals surface area contributed by atoms with Crippen LogP contribution >= 0.6 is 0 Å². The van der Waals surface area contributed by atoms with Gasteiger partial charge in [-0.25, -0.2) is 0 Å². The molecule has 0 aliphatic rings. The van der Waals surface area contributed by atoms with Crippen molar-refractivity contribution in [1.29, 1.82) is 0 Å². The van der Waals surface area contributed by atoms with Gasteiger partial charge in [0.1, 0.15) is 0 Å². The Hall–Kier alpha value is -1.08. The van der Waals surface area contributed by atoms with Crippen molar-refractivity contribution in [3.63, 3.8) is 0 Å². The molecule has 1 N–H and O–H groups in total. The molecule has 0 aromatic heterocycles. The molecule has 1 atom stereocenters. The first-order chi connectivity index (χ1) is 7.90. The average Bonchev–Trinajstić information content (AvgIpc) is 2.38. The molecule has 82 valence electrons. The van der Waals surface area contributed by atoms with Crippen LogP contribution in [-0.4, -0.2) is 26.7 Å². The molecule has 2 heteroatoms. The Morgan fingerprint density at radius 1 is 0.875 bits per heavy atom. The van der Waals surface area contributed by atoms with E-state index in [2.05, 4.69) is 36.4 Å². The average molecular weight is 277 g/mol. The normalized spacial score (nSPS) is 12.3. The second kappa shape index (κ2) is 5.86. The van der Waals surface area contributed by atoms with Crippen LogP contribution < -0.4 is 4.46 Å². The van der Waals surface area contributed by atoms with Crippen molar-refractivity contribution >= 4 is 19.4 Å². The van der Waals surface area contributed by atoms with Gasteiger partial charge in [0, 0.05) is 0 Å². The van der Waals surface area contributed by atoms with Crippen LogP contribution in [0.5, 0.6) is 0 Å². The van der Waals surface area contributed by atoms with Crippen LogP contribution in [0.4, 0.5) is 0 Å². The van der Waals surface area contributed by atoms with E-state index in [1.807, 2.05) is 24.3 Å². The zero-order valence-electron chi connectivity index (χ0n) is 8.91. The first kappa shape index (κ1) is 11.4. The monoisotopic (exact) mass is 278 g/mol. The van der Waals surface area contributed by atoms with Crippen LogP contribution in [0.2, 0.25) is 0 Å². The Labute approximate surface area is 102 Å². The van der Waals surface area contributed by atoms with Crippen molar-refractivity contribution in [3.8, 4) is 0 Å². The van der Waals surface area contributed by atoms with Crippen molar-refractivity contribution in [1.82, 2.24) is 0 Å². The molecule has 0 heterocycles. The summed E-state index contributed by atoms with van der Waals surface area (Å²) in [5.41, 5.74) is 1.23. The standard InChI is InChI=1S/C14H14OSe/c15-11-14(12-7-3-1-4-8-12)16-13-9-5-2-6-10-13/h1-10,14-15H,11H2/t14-/m1/s1. The Balaban J connectivity index is 2.13. The van der Waals surface area contributed by atoms with Gasteiger partial charge in [-0.2, -0.15) is 0 Å². The van der Waals surface area contributed by atoms with Crippen LogP contribution in [0.1, 0.15) is 10.4 Å². The van der Waals surface area contributed by atoms with E-state index < -0.39 is 0 Å². The van der Waals surface area contributed by atoms with Crippen LogP contribution in [0.25, 0.3) is 0 Å². The summed E-state index contributed by atoms with van der Waals surface area (Å²) in [6, 6.07) is 20.6. The molecule has 0 radical (unpaired) electrons. The minimum atomic E-state index is 0.221. The van der Waals surface area contributed by atoms with Crippen LogP contribution in [0.3, 0.4) is 0 Å². The fourth-order valence-electron chi connectivity index (χ4n) is 1.54. The van der Waals surface area contributed by atoms with E-state index in [1.165, 1.54) is 10.0 Å². The molecule has 0 amide bonds. The van der Waals surface area contributed by atoms with Crippen molar-refractivity contribution in [2.24, 2.45) is 0 Å². The fourth-order valence-corrected chi connectivity index (χ4v) is 3.66. The third kappa shape index (κ3) is 2.96. The summed E-state index contributed by atoms with van der Waals surface area (Å²) in [7, 11) is 0. The van der Waals surface area contributed by atoms with Crippen molar-refractivity contribution in [2.75, 3.05) is 6.61 Å². The van der Waals surface area contributed by atoms with E-state index in [-0.39, 0.29) is 26.4 Å². The molecule has 0 saturated carbocycles. The first-order valence-corrected chi connectivity index (χ1v) is 7.12. The van der Waals surface area contributed by atoms with Gasteiger partial charge in [-0.1, -0.05) is 0 Å². The van der Waals surface area contributed by atoms with Crippen molar-refractivity contribution < 1.29 is 5.11 Å². The van der Waals surface area contributed by atoms with E-state index in [9.17, 15) is 5.11 Å². The number of rotatable bonds is 4. The van der Waals surface area contributed by atoms with Crippen molar-refractivity contribution in [3.05, 3.63) is 66.2 Å². The van der Waals surface area contributed by atoms with Gasteiger partial charge in [0.05, 0.1) is 0 Å². The second-order valence-electron chi connectivity index (χ2n) is 3.51. The molecule has 0 unspecified atom stereocenters. The number of hydrogen-bond donors (Lipinski definition) is 1. The van der Waals surface area contributed by atoms with E-state index in [0.29, 0.717) is 0 Å². The topological polar surface area (TPSA) is 20.2 Å². The van der Waals surface area contributed by atoms with Crippen molar-refractivity contribution in [2.45, 2.75) is 4.82 Å². The fraction of sp³-hybridized carbons (Fsp3) is 0.143. The summed E-state index contributed by atoms with van der Waals surface area (Å²) >= 11 is 0.289. The van der Waals surface area contributed by atoms with Crippen LogP contribution in [0.15, 0.2) is 60.7 Å². The molecule has 2 aromatic carbocycles. The number of aliphatic hydroxyl groups excluding tert-OH is 1. The zero-order valence-corrected chi connectivity index (χ0v) is 10.6. The molecule has 2 aromatic rings. The van der Waals surface area contributed by atoms with Gasteiger partial charge in [0.15, 0.2) is 0 Å². The summed E-state index contributed by atoms with van der Waals surface area (Å²) in [5, 5.41) is 9.46. The first-order valence-electron chi connectivity index (χ1n) is 5.27. The Bertz CT molecular complexity index is 413. The molecule has 0 saturated heterocycles. The summed E-state index contributed by atoms with van der Waals surface area (Å²) in [6.07, 6.45) is 0. The molecule has 0 fully saturated rings. The molecule has 2 rings (SSSR count). The molecule has 16 heavy (non-hydrogen) atoms. The van der Waals surface area contributed by atoms with E-state index in [0.717, 1.165) is 0 Å². The maximum absolute atomic E-state index is 9.46. The van der Waals surface area contributed by atoms with Crippen LogP contribution in [-0.2, 0) is 0 Å². The summed E-state index contributed by atoms with van der Waals surface area (Å²) < 4.78 is 1.33. The quantitative estimate of drug-likeness (QED) is 0.844. The number of aliphatic hydroxyl groups is 1. The van der Waals surface area contributed by atoms with Gasteiger partial charge in [-0.05, 0) is 0 Å². The third-order valence-electron chi connectivity index (χ3n) is 2.36. The number of hydrogen-bond acceptors (Lipinski definition) is 1. The van der Waals surface area contributed by atoms with Crippen LogP contribution in [0, 0.1) is 0 Å². The van der Waals surface area contributed by atoms with E-state index >= 15 is 0 Å². The van der Waals surface area contributed by atoms with Gasteiger partial charge in [0.2, 0.25) is 0 Å². The zero-order chi connectivity index (χ0) is 11.2. The van der Waals surface area contributed by atoms with Gasteiger partial charge >= 0.3 is 102 Å². The molecule has 0 spiro atoms. The summed E-state index contributed by atoms with van der Waals surface area (Å²) in [6.45, 7) is 0.221. The molecule has 0 bridgehead atoms.